The Morgan fingerprint density at radius 3 is 2.38 bits per heavy atom. The second-order valence-corrected chi connectivity index (χ2v) is 16.0. The Balaban J connectivity index is 1.30. The molecule has 0 saturated carbocycles. The molecule has 0 bridgehead atoms. The number of likely N-dealkylation sites (tertiary alicyclic amines) is 2. The van der Waals surface area contributed by atoms with E-state index >= 15 is 0 Å². The fourth-order valence-corrected chi connectivity index (χ4v) is 8.88. The van der Waals surface area contributed by atoms with Gasteiger partial charge in [-0.05, 0) is 121 Å². The predicted octanol–water partition coefficient (Wildman–Crippen LogP) is 8.30. The summed E-state index contributed by atoms with van der Waals surface area (Å²) in [5, 5.41) is 18.2. The fourth-order valence-electron chi connectivity index (χ4n) is 7.64. The van der Waals surface area contributed by atoms with Crippen LogP contribution in [0.4, 0.5) is 0 Å². The molecule has 5 aromatic rings. The van der Waals surface area contributed by atoms with Crippen LogP contribution in [-0.2, 0) is 16.6 Å². The summed E-state index contributed by atoms with van der Waals surface area (Å²) in [5.41, 5.74) is 6.67. The van der Waals surface area contributed by atoms with Gasteiger partial charge in [0.2, 0.25) is 0 Å². The van der Waals surface area contributed by atoms with Crippen molar-refractivity contribution in [1.82, 2.24) is 24.6 Å². The first kappa shape index (κ1) is 33.2. The summed E-state index contributed by atoms with van der Waals surface area (Å²) in [7, 11) is 4.26. The van der Waals surface area contributed by atoms with Crippen LogP contribution in [0.2, 0.25) is 5.02 Å². The van der Waals surface area contributed by atoms with E-state index in [1.54, 1.807) is 11.3 Å². The number of benzene rings is 3. The minimum atomic E-state index is -1.15. The molecule has 4 heterocycles. The van der Waals surface area contributed by atoms with E-state index in [2.05, 4.69) is 35.0 Å². The lowest BCUT2D eigenvalue weighted by Crippen LogP contribution is -2.42. The summed E-state index contributed by atoms with van der Waals surface area (Å²) in [5.74, 6) is -0.601. The van der Waals surface area contributed by atoms with Crippen LogP contribution in [0, 0.1) is 6.92 Å². The van der Waals surface area contributed by atoms with Crippen LogP contribution in [0.5, 0.6) is 0 Å². The summed E-state index contributed by atoms with van der Waals surface area (Å²) < 4.78 is 9.14. The van der Waals surface area contributed by atoms with Crippen LogP contribution in [0.25, 0.3) is 42.8 Å². The zero-order chi connectivity index (χ0) is 33.9. The number of hydrogen-bond acceptors (Lipinski definition) is 7. The normalized spacial score (nSPS) is 19.1. The monoisotopic (exact) mass is 685 g/mol. The molecule has 2 atom stereocenters. The highest BCUT2D eigenvalue weighted by molar-refractivity contribution is 7.22. The van der Waals surface area contributed by atoms with Crippen LogP contribution < -0.4 is 0 Å². The van der Waals surface area contributed by atoms with Crippen LogP contribution in [-0.4, -0.2) is 80.5 Å². The number of piperidine rings is 1. The van der Waals surface area contributed by atoms with Gasteiger partial charge in [-0.2, -0.15) is 5.10 Å². The first-order chi connectivity index (χ1) is 22.9. The van der Waals surface area contributed by atoms with E-state index in [-0.39, 0.29) is 0 Å². The maximum Gasteiger partial charge on any atom is 0.337 e. The van der Waals surface area contributed by atoms with Crippen molar-refractivity contribution in [2.24, 2.45) is 7.05 Å². The fraction of sp³-hybridized carbons (Fsp3) is 0.447. The molecule has 2 aromatic heterocycles. The molecule has 1 N–H and O–H groups in total. The van der Waals surface area contributed by atoms with E-state index in [1.807, 2.05) is 69.8 Å². The first-order valence-electron chi connectivity index (χ1n) is 16.9. The van der Waals surface area contributed by atoms with Crippen LogP contribution in [0.15, 0.2) is 48.5 Å². The highest BCUT2D eigenvalue weighted by atomic mass is 35.5. The second-order valence-electron chi connectivity index (χ2n) is 14.6. The molecule has 7 rings (SSSR count). The number of ether oxygens (including phenoxy) is 1. The van der Waals surface area contributed by atoms with Crippen LogP contribution >= 0.6 is 22.9 Å². The van der Waals surface area contributed by atoms with Gasteiger partial charge in [0.25, 0.3) is 0 Å². The number of rotatable bonds is 7. The molecule has 0 radical (unpaired) electrons. The summed E-state index contributed by atoms with van der Waals surface area (Å²) in [6.45, 7) is 12.2. The van der Waals surface area contributed by atoms with Gasteiger partial charge < -0.3 is 14.7 Å². The van der Waals surface area contributed by atoms with E-state index < -0.39 is 17.7 Å². The second kappa shape index (κ2) is 12.8. The number of hydrogen-bond donors (Lipinski definition) is 1. The Hall–Kier alpha value is -3.34. The lowest BCUT2D eigenvalue weighted by molar-refractivity contribution is -0.160. The molecule has 2 fully saturated rings. The molecule has 2 saturated heterocycles. The largest absolute Gasteiger partial charge is 0.479 e. The van der Waals surface area contributed by atoms with Gasteiger partial charge in [0.05, 0.1) is 27.0 Å². The van der Waals surface area contributed by atoms with Gasteiger partial charge in [0.1, 0.15) is 5.01 Å². The number of carboxylic acids is 1. The topological polar surface area (TPSA) is 83.7 Å². The number of carbonyl (C=O) groups is 1. The molecule has 2 aliphatic heterocycles. The number of likely N-dealkylation sites (N-methyl/N-ethyl adjacent to an activating group) is 1. The van der Waals surface area contributed by atoms with Gasteiger partial charge in [-0.25, -0.2) is 9.78 Å². The Labute approximate surface area is 291 Å². The number of halogens is 1. The molecule has 0 spiro atoms. The van der Waals surface area contributed by atoms with E-state index in [0.29, 0.717) is 22.5 Å². The van der Waals surface area contributed by atoms with Crippen molar-refractivity contribution in [3.63, 3.8) is 0 Å². The van der Waals surface area contributed by atoms with E-state index in [0.717, 1.165) is 68.9 Å². The lowest BCUT2D eigenvalue weighted by Gasteiger charge is -2.35. The average molecular weight is 686 g/mol. The third-order valence-electron chi connectivity index (χ3n) is 9.94. The van der Waals surface area contributed by atoms with Gasteiger partial charge >= 0.3 is 5.97 Å². The highest BCUT2D eigenvalue weighted by Crippen LogP contribution is 2.45. The molecule has 8 nitrogen and oxygen atoms in total. The standard InChI is InChI=1S/C38H44ClN5O3S/c1-22-19-29-35(32(23-7-10-26(39)11-8-23)31(22)34(37(45)46)47-38(2,3)4)48-36(40-29)25-9-12-30-28(20-25)33(41-43(30)6)24-13-17-44(18-14-24)27-15-16-42(5)21-27/h7-12,19-20,24,27,34H,13-18,21H2,1-6H3,(H,45,46)/t27-,34?/m1/s1. The number of fused-ring (bicyclic) bond motifs is 2. The van der Waals surface area contributed by atoms with Crippen LogP contribution in [0.3, 0.4) is 0 Å². The summed E-state index contributed by atoms with van der Waals surface area (Å²) >= 11 is 7.88. The van der Waals surface area contributed by atoms with E-state index in [4.69, 9.17) is 26.4 Å². The third kappa shape index (κ3) is 6.39. The molecular weight excluding hydrogens is 642 g/mol. The molecule has 0 aliphatic carbocycles. The van der Waals surface area contributed by atoms with Crippen molar-refractivity contribution < 1.29 is 14.6 Å². The predicted molar refractivity (Wildman–Crippen MR) is 195 cm³/mol. The zero-order valence-electron chi connectivity index (χ0n) is 28.6. The zero-order valence-corrected chi connectivity index (χ0v) is 30.2. The third-order valence-corrected chi connectivity index (χ3v) is 11.3. The lowest BCUT2D eigenvalue weighted by atomic mass is 9.90. The minimum Gasteiger partial charge on any atom is -0.479 e. The van der Waals surface area contributed by atoms with Crippen LogP contribution in [0.1, 0.15) is 68.9 Å². The first-order valence-corrected chi connectivity index (χ1v) is 18.1. The number of aliphatic carboxylic acids is 1. The molecule has 0 amide bonds. The van der Waals surface area contributed by atoms with Gasteiger partial charge in [0, 0.05) is 52.7 Å². The van der Waals surface area contributed by atoms with Gasteiger partial charge in [-0.3, -0.25) is 9.58 Å². The smallest absolute Gasteiger partial charge is 0.337 e. The summed E-state index contributed by atoms with van der Waals surface area (Å²) in [4.78, 5) is 23.0. The Kier molecular flexibility index (Phi) is 8.87. The molecule has 2 aliphatic rings. The SMILES string of the molecule is Cc1cc2nc(-c3ccc4c(c3)c(C3CCN([C@@H]5CCN(C)C5)CC3)nn4C)sc2c(-c2ccc(Cl)cc2)c1C(OC(C)(C)C)C(=O)O. The number of carboxylic acid groups (broad SMARTS) is 1. The van der Waals surface area contributed by atoms with Gasteiger partial charge in [-0.1, -0.05) is 23.7 Å². The number of aromatic nitrogens is 3. The molecule has 1 unspecified atom stereocenters. The maximum absolute atomic E-state index is 12.7. The molecule has 252 valence electrons. The van der Waals surface area contributed by atoms with Crippen molar-refractivity contribution in [3.8, 4) is 21.7 Å². The Morgan fingerprint density at radius 2 is 1.73 bits per heavy atom. The van der Waals surface area contributed by atoms with Crippen molar-refractivity contribution in [1.29, 1.82) is 0 Å². The molecular formula is C38H44ClN5O3S. The van der Waals surface area contributed by atoms with Crippen molar-refractivity contribution in [3.05, 3.63) is 70.4 Å². The number of aryl methyl sites for hydroxylation is 2. The quantitative estimate of drug-likeness (QED) is 0.185. The average Bonchev–Trinajstić information content (AvgIpc) is 3.76. The van der Waals surface area contributed by atoms with Gasteiger partial charge in [-0.15, -0.1) is 11.3 Å². The van der Waals surface area contributed by atoms with Crippen molar-refractivity contribution in [2.75, 3.05) is 33.2 Å². The summed E-state index contributed by atoms with van der Waals surface area (Å²) in [6.07, 6.45) is 2.35. The highest BCUT2D eigenvalue weighted by Gasteiger charge is 2.33. The van der Waals surface area contributed by atoms with Crippen molar-refractivity contribution in [2.45, 2.75) is 70.6 Å². The number of thiazole rings is 1. The Bertz CT molecular complexity index is 1990. The Morgan fingerprint density at radius 1 is 1.02 bits per heavy atom. The maximum atomic E-state index is 12.7. The van der Waals surface area contributed by atoms with Gasteiger partial charge in [0.15, 0.2) is 6.10 Å². The molecule has 3 aromatic carbocycles. The minimum absolute atomic E-state index is 0.423. The number of nitrogens with zero attached hydrogens (tertiary/aromatic N) is 5. The van der Waals surface area contributed by atoms with Crippen molar-refractivity contribution >= 4 is 50.0 Å². The molecule has 48 heavy (non-hydrogen) atoms. The molecule has 10 heteroatoms. The van der Waals surface area contributed by atoms with E-state index in [9.17, 15) is 9.90 Å². The summed E-state index contributed by atoms with van der Waals surface area (Å²) in [6, 6.07) is 16.8. The van der Waals surface area contributed by atoms with E-state index in [1.165, 1.54) is 30.6 Å².